The van der Waals surface area contributed by atoms with Gasteiger partial charge in [0.25, 0.3) is 0 Å². The second-order valence-electron chi connectivity index (χ2n) is 8.87. The fraction of sp³-hybridized carbons (Fsp3) is 0.500. The highest BCUT2D eigenvalue weighted by Crippen LogP contribution is 2.31. The van der Waals surface area contributed by atoms with E-state index in [0.29, 0.717) is 18.2 Å². The van der Waals surface area contributed by atoms with Crippen LogP contribution >= 0.6 is 0 Å². The van der Waals surface area contributed by atoms with Gasteiger partial charge in [0.1, 0.15) is 5.82 Å². The lowest BCUT2D eigenvalue weighted by Gasteiger charge is -2.31. The zero-order valence-electron chi connectivity index (χ0n) is 18.0. The first-order valence-corrected chi connectivity index (χ1v) is 11.9. The first-order valence-electron chi connectivity index (χ1n) is 10.4. The van der Waals surface area contributed by atoms with E-state index in [1.165, 1.54) is 12.3 Å². The van der Waals surface area contributed by atoms with E-state index in [2.05, 4.69) is 15.0 Å². The van der Waals surface area contributed by atoms with Crippen molar-refractivity contribution in [1.29, 1.82) is 0 Å². The SMILES string of the molecule is CC(C)(C)S(=O)(=O)N[C@H]1CC[C@H](CNc2cccnc2Oc2ccc(F)cc2F)CC1. The standard InChI is InChI=1S/C22H29F2N3O3S/c1-22(2,3)31(28,29)27-17-9-6-15(7-10-17)14-26-19-5-4-12-25-21(19)30-20-11-8-16(23)13-18(20)24/h4-5,8,11-13,15,17,26-27H,6-7,9-10,14H2,1-3H3/t15-,17-. The summed E-state index contributed by atoms with van der Waals surface area (Å²) in [6.45, 7) is 5.73. The van der Waals surface area contributed by atoms with Gasteiger partial charge in [-0.2, -0.15) is 0 Å². The molecule has 0 aliphatic heterocycles. The van der Waals surface area contributed by atoms with E-state index in [4.69, 9.17) is 4.74 Å². The van der Waals surface area contributed by atoms with Crippen molar-refractivity contribution < 1.29 is 21.9 Å². The number of nitrogens with zero attached hydrogens (tertiary/aromatic N) is 1. The Balaban J connectivity index is 1.55. The van der Waals surface area contributed by atoms with E-state index in [1.54, 1.807) is 32.9 Å². The number of halogens is 2. The first-order chi connectivity index (χ1) is 14.5. The highest BCUT2D eigenvalue weighted by atomic mass is 32.2. The van der Waals surface area contributed by atoms with Gasteiger partial charge in [-0.05, 0) is 76.6 Å². The molecule has 0 amide bonds. The molecule has 1 fully saturated rings. The highest BCUT2D eigenvalue weighted by Gasteiger charge is 2.32. The third-order valence-electron chi connectivity index (χ3n) is 5.43. The number of ether oxygens (including phenoxy) is 1. The van der Waals surface area contributed by atoms with Gasteiger partial charge >= 0.3 is 0 Å². The van der Waals surface area contributed by atoms with E-state index in [-0.39, 0.29) is 17.7 Å². The van der Waals surface area contributed by atoms with Gasteiger partial charge in [-0.3, -0.25) is 0 Å². The van der Waals surface area contributed by atoms with Gasteiger partial charge in [0, 0.05) is 24.8 Å². The van der Waals surface area contributed by atoms with Crippen molar-refractivity contribution in [3.05, 3.63) is 48.2 Å². The van der Waals surface area contributed by atoms with Crippen LogP contribution in [-0.2, 0) is 10.0 Å². The molecule has 1 aromatic carbocycles. The van der Waals surface area contributed by atoms with Crippen LogP contribution in [0.25, 0.3) is 0 Å². The third-order valence-corrected chi connectivity index (χ3v) is 7.68. The maximum absolute atomic E-state index is 13.9. The number of pyridine rings is 1. The number of rotatable bonds is 7. The van der Waals surface area contributed by atoms with Gasteiger partial charge in [-0.15, -0.1) is 0 Å². The Morgan fingerprint density at radius 3 is 2.48 bits per heavy atom. The largest absolute Gasteiger partial charge is 0.434 e. The summed E-state index contributed by atoms with van der Waals surface area (Å²) in [7, 11) is -3.36. The molecule has 0 radical (unpaired) electrons. The minimum atomic E-state index is -3.36. The summed E-state index contributed by atoms with van der Waals surface area (Å²) in [5.41, 5.74) is 0.613. The molecule has 3 rings (SSSR count). The molecule has 6 nitrogen and oxygen atoms in total. The van der Waals surface area contributed by atoms with Crippen molar-refractivity contribution in [2.45, 2.75) is 57.2 Å². The molecule has 2 aromatic rings. The van der Waals surface area contributed by atoms with Crippen LogP contribution < -0.4 is 14.8 Å². The fourth-order valence-corrected chi connectivity index (χ4v) is 4.43. The molecular formula is C22H29F2N3O3S. The molecule has 0 atom stereocenters. The Labute approximate surface area is 182 Å². The van der Waals surface area contributed by atoms with E-state index in [1.807, 2.05) is 0 Å². The number of benzene rings is 1. The maximum atomic E-state index is 13.9. The van der Waals surface area contributed by atoms with Crippen LogP contribution in [0.15, 0.2) is 36.5 Å². The van der Waals surface area contributed by atoms with Crippen molar-refractivity contribution in [3.8, 4) is 11.6 Å². The maximum Gasteiger partial charge on any atom is 0.242 e. The van der Waals surface area contributed by atoms with Gasteiger partial charge < -0.3 is 10.1 Å². The number of nitrogens with one attached hydrogen (secondary N) is 2. The monoisotopic (exact) mass is 453 g/mol. The van der Waals surface area contributed by atoms with Gasteiger partial charge in [-0.25, -0.2) is 26.9 Å². The minimum absolute atomic E-state index is 0.0424. The molecule has 1 aliphatic carbocycles. The van der Waals surface area contributed by atoms with Crippen LogP contribution in [0.4, 0.5) is 14.5 Å². The summed E-state index contributed by atoms with van der Waals surface area (Å²) in [6, 6.07) is 6.60. The summed E-state index contributed by atoms with van der Waals surface area (Å²) in [5.74, 6) is -1.00. The predicted molar refractivity (Wildman–Crippen MR) is 117 cm³/mol. The molecule has 0 saturated heterocycles. The molecule has 31 heavy (non-hydrogen) atoms. The van der Waals surface area contributed by atoms with E-state index < -0.39 is 26.4 Å². The highest BCUT2D eigenvalue weighted by molar-refractivity contribution is 7.90. The molecular weight excluding hydrogens is 424 g/mol. The minimum Gasteiger partial charge on any atom is -0.434 e. The smallest absolute Gasteiger partial charge is 0.242 e. The van der Waals surface area contributed by atoms with Gasteiger partial charge in [0.05, 0.1) is 10.4 Å². The average Bonchev–Trinajstić information content (AvgIpc) is 2.69. The third kappa shape index (κ3) is 6.13. The van der Waals surface area contributed by atoms with Crippen molar-refractivity contribution in [1.82, 2.24) is 9.71 Å². The van der Waals surface area contributed by atoms with Crippen LogP contribution in [-0.4, -0.2) is 30.7 Å². The van der Waals surface area contributed by atoms with Crippen LogP contribution in [0.3, 0.4) is 0 Å². The molecule has 0 unspecified atom stereocenters. The van der Waals surface area contributed by atoms with Crippen molar-refractivity contribution in [3.63, 3.8) is 0 Å². The van der Waals surface area contributed by atoms with Crippen LogP contribution in [0.1, 0.15) is 46.5 Å². The number of sulfonamides is 1. The number of anilines is 1. The molecule has 1 aliphatic rings. The quantitative estimate of drug-likeness (QED) is 0.627. The van der Waals surface area contributed by atoms with Crippen molar-refractivity contribution >= 4 is 15.7 Å². The molecule has 0 spiro atoms. The Bertz CT molecular complexity index is 1000. The molecule has 9 heteroatoms. The topological polar surface area (TPSA) is 80.3 Å². The number of aromatic nitrogens is 1. The molecule has 1 saturated carbocycles. The van der Waals surface area contributed by atoms with Crippen LogP contribution in [0.5, 0.6) is 11.6 Å². The Morgan fingerprint density at radius 1 is 1.13 bits per heavy atom. The fourth-order valence-electron chi connectivity index (χ4n) is 3.40. The number of hydrogen-bond acceptors (Lipinski definition) is 5. The van der Waals surface area contributed by atoms with E-state index in [0.717, 1.165) is 37.8 Å². The lowest BCUT2D eigenvalue weighted by Crippen LogP contribution is -2.46. The van der Waals surface area contributed by atoms with E-state index in [9.17, 15) is 17.2 Å². The van der Waals surface area contributed by atoms with E-state index >= 15 is 0 Å². The Kier molecular flexibility index (Phi) is 7.16. The lowest BCUT2D eigenvalue weighted by atomic mass is 9.86. The zero-order chi connectivity index (χ0) is 22.6. The Hall–Kier alpha value is -2.26. The Morgan fingerprint density at radius 2 is 1.84 bits per heavy atom. The average molecular weight is 454 g/mol. The first kappa shape index (κ1) is 23.4. The molecule has 0 bridgehead atoms. The summed E-state index contributed by atoms with van der Waals surface area (Å²) < 4.78 is 59.3. The van der Waals surface area contributed by atoms with Crippen molar-refractivity contribution in [2.24, 2.45) is 5.92 Å². The normalized spacial score (nSPS) is 19.8. The summed E-state index contributed by atoms with van der Waals surface area (Å²) in [6.07, 6.45) is 4.85. The van der Waals surface area contributed by atoms with Crippen LogP contribution in [0, 0.1) is 17.6 Å². The summed E-state index contributed by atoms with van der Waals surface area (Å²) in [4.78, 5) is 4.15. The second kappa shape index (κ2) is 9.48. The molecule has 1 aromatic heterocycles. The van der Waals surface area contributed by atoms with Gasteiger partial charge in [0.15, 0.2) is 11.6 Å². The zero-order valence-corrected chi connectivity index (χ0v) is 18.8. The van der Waals surface area contributed by atoms with Gasteiger partial charge in [0.2, 0.25) is 15.9 Å². The summed E-state index contributed by atoms with van der Waals surface area (Å²) in [5, 5.41) is 3.30. The van der Waals surface area contributed by atoms with Crippen LogP contribution in [0.2, 0.25) is 0 Å². The van der Waals surface area contributed by atoms with Crippen molar-refractivity contribution in [2.75, 3.05) is 11.9 Å². The van der Waals surface area contributed by atoms with Gasteiger partial charge in [-0.1, -0.05) is 0 Å². The summed E-state index contributed by atoms with van der Waals surface area (Å²) >= 11 is 0. The lowest BCUT2D eigenvalue weighted by molar-refractivity contribution is 0.322. The second-order valence-corrected chi connectivity index (χ2v) is 11.3. The molecule has 1 heterocycles. The predicted octanol–water partition coefficient (Wildman–Crippen LogP) is 4.84. The molecule has 2 N–H and O–H groups in total. The molecule has 170 valence electrons. The number of hydrogen-bond donors (Lipinski definition) is 2.